The van der Waals surface area contributed by atoms with Gasteiger partial charge < -0.3 is 19.5 Å². The Balaban J connectivity index is 2.49. The molecule has 134 valence electrons. The van der Waals surface area contributed by atoms with Crippen molar-refractivity contribution in [1.29, 1.82) is 0 Å². The smallest absolute Gasteiger partial charge is 0.410 e. The zero-order valence-electron chi connectivity index (χ0n) is 15.3. The quantitative estimate of drug-likeness (QED) is 0.885. The maximum absolute atomic E-state index is 12.1. The lowest BCUT2D eigenvalue weighted by Gasteiger charge is -2.26. The summed E-state index contributed by atoms with van der Waals surface area (Å²) in [5.74, 6) is -0.198. The topological polar surface area (TPSA) is 80.6 Å². The Morgan fingerprint density at radius 2 is 1.96 bits per heavy atom. The lowest BCUT2D eigenvalue weighted by atomic mass is 10.1. The molecule has 0 aliphatic rings. The highest BCUT2D eigenvalue weighted by Crippen LogP contribution is 2.10. The fraction of sp³-hybridized carbons (Fsp3) is 0.588. The van der Waals surface area contributed by atoms with Crippen molar-refractivity contribution < 1.29 is 14.3 Å². The predicted molar refractivity (Wildman–Crippen MR) is 92.0 cm³/mol. The summed E-state index contributed by atoms with van der Waals surface area (Å²) in [7, 11) is 3.26. The van der Waals surface area contributed by atoms with Crippen molar-refractivity contribution in [3.8, 4) is 0 Å². The number of amides is 2. The van der Waals surface area contributed by atoms with Gasteiger partial charge in [-0.2, -0.15) is 0 Å². The van der Waals surface area contributed by atoms with Gasteiger partial charge in [0.1, 0.15) is 5.60 Å². The average Bonchev–Trinajstić information content (AvgIpc) is 2.45. The van der Waals surface area contributed by atoms with E-state index in [0.717, 1.165) is 0 Å². The van der Waals surface area contributed by atoms with Crippen LogP contribution in [-0.2, 0) is 11.8 Å². The number of ether oxygens (including phenoxy) is 1. The molecule has 1 heterocycles. The highest BCUT2D eigenvalue weighted by atomic mass is 16.6. The van der Waals surface area contributed by atoms with Crippen molar-refractivity contribution in [3.63, 3.8) is 0 Å². The Labute approximate surface area is 142 Å². The van der Waals surface area contributed by atoms with E-state index in [4.69, 9.17) is 4.74 Å². The number of nitrogens with zero attached hydrogens (tertiary/aromatic N) is 2. The molecule has 0 unspecified atom stereocenters. The molecule has 7 nitrogen and oxygen atoms in total. The monoisotopic (exact) mass is 337 g/mol. The van der Waals surface area contributed by atoms with Crippen molar-refractivity contribution >= 4 is 12.0 Å². The van der Waals surface area contributed by atoms with Crippen LogP contribution in [0.2, 0.25) is 0 Å². The number of rotatable bonds is 5. The number of hydrogen-bond donors (Lipinski definition) is 1. The summed E-state index contributed by atoms with van der Waals surface area (Å²) < 4.78 is 6.64. The normalized spacial score (nSPS) is 12.4. The van der Waals surface area contributed by atoms with Crippen LogP contribution in [0.15, 0.2) is 23.1 Å². The summed E-state index contributed by atoms with van der Waals surface area (Å²) in [6, 6.07) is 2.85. The largest absolute Gasteiger partial charge is 0.444 e. The van der Waals surface area contributed by atoms with Crippen LogP contribution < -0.4 is 10.9 Å². The second-order valence-electron chi connectivity index (χ2n) is 7.04. The molecule has 0 fully saturated rings. The van der Waals surface area contributed by atoms with Gasteiger partial charge in [-0.3, -0.25) is 9.59 Å². The molecule has 24 heavy (non-hydrogen) atoms. The van der Waals surface area contributed by atoms with E-state index in [-0.39, 0.29) is 17.4 Å². The van der Waals surface area contributed by atoms with Gasteiger partial charge in [0.2, 0.25) is 5.56 Å². The molecule has 1 atom stereocenters. The zero-order chi connectivity index (χ0) is 18.5. The van der Waals surface area contributed by atoms with Gasteiger partial charge in [-0.15, -0.1) is 0 Å². The molecule has 0 saturated carbocycles. The molecule has 0 aliphatic heterocycles. The minimum atomic E-state index is -0.536. The van der Waals surface area contributed by atoms with E-state index < -0.39 is 11.7 Å². The molecule has 1 aromatic rings. The number of carbonyl (C=O) groups excluding carboxylic acids is 2. The van der Waals surface area contributed by atoms with Gasteiger partial charge >= 0.3 is 6.09 Å². The summed E-state index contributed by atoms with van der Waals surface area (Å²) in [4.78, 5) is 36.8. The molecule has 0 saturated heterocycles. The maximum Gasteiger partial charge on any atom is 0.410 e. The number of carbonyl (C=O) groups is 2. The minimum absolute atomic E-state index is 0.0546. The Bertz CT molecular complexity index is 646. The first-order valence-electron chi connectivity index (χ1n) is 7.88. The van der Waals surface area contributed by atoms with E-state index in [0.29, 0.717) is 18.7 Å². The molecule has 2 amide bonds. The van der Waals surface area contributed by atoms with Gasteiger partial charge in [0.05, 0.1) is 5.56 Å². The summed E-state index contributed by atoms with van der Waals surface area (Å²) in [5.41, 5.74) is -0.282. The first-order valence-corrected chi connectivity index (χ1v) is 7.88. The molecule has 0 spiro atoms. The lowest BCUT2D eigenvalue weighted by molar-refractivity contribution is 0.0277. The molecule has 1 aromatic heterocycles. The lowest BCUT2D eigenvalue weighted by Crippen LogP contribution is -2.39. The summed E-state index contributed by atoms with van der Waals surface area (Å²) >= 11 is 0. The maximum atomic E-state index is 12.1. The van der Waals surface area contributed by atoms with Crippen LogP contribution >= 0.6 is 0 Å². The third kappa shape index (κ3) is 6.44. The van der Waals surface area contributed by atoms with E-state index in [2.05, 4.69) is 5.32 Å². The molecule has 7 heteroatoms. The Morgan fingerprint density at radius 3 is 2.50 bits per heavy atom. The van der Waals surface area contributed by atoms with Crippen LogP contribution in [0.25, 0.3) is 0 Å². The van der Waals surface area contributed by atoms with Gasteiger partial charge in [-0.25, -0.2) is 4.79 Å². The molecule has 0 aromatic carbocycles. The fourth-order valence-electron chi connectivity index (χ4n) is 2.04. The summed E-state index contributed by atoms with van der Waals surface area (Å²) in [5, 5.41) is 2.80. The molecule has 0 bridgehead atoms. The highest BCUT2D eigenvalue weighted by Gasteiger charge is 2.21. The summed E-state index contributed by atoms with van der Waals surface area (Å²) in [6.45, 7) is 8.25. The average molecular weight is 337 g/mol. The van der Waals surface area contributed by atoms with Crippen LogP contribution in [0.5, 0.6) is 0 Å². The van der Waals surface area contributed by atoms with Crippen LogP contribution in [0.4, 0.5) is 4.79 Å². The first-order chi connectivity index (χ1) is 11.0. The van der Waals surface area contributed by atoms with E-state index in [9.17, 15) is 14.4 Å². The number of aromatic nitrogens is 1. The molecular weight excluding hydrogens is 310 g/mol. The van der Waals surface area contributed by atoms with Crippen molar-refractivity contribution in [2.75, 3.05) is 20.1 Å². The number of hydrogen-bond acceptors (Lipinski definition) is 4. The second-order valence-corrected chi connectivity index (χ2v) is 7.04. The SMILES string of the molecule is C[C@H](CNC(=O)c1ccc(=O)n(C)c1)CN(C)C(=O)OC(C)(C)C. The first kappa shape index (κ1) is 19.7. The third-order valence-electron chi connectivity index (χ3n) is 3.25. The summed E-state index contributed by atoms with van der Waals surface area (Å²) in [6.07, 6.45) is 1.11. The standard InChI is InChI=1S/C17H27N3O4/c1-12(10-20(6)16(23)24-17(2,3)4)9-18-15(22)13-7-8-14(21)19(5)11-13/h7-8,11-12H,9-10H2,1-6H3,(H,18,22)/t12-/m1/s1. The van der Waals surface area contributed by atoms with E-state index >= 15 is 0 Å². The van der Waals surface area contributed by atoms with E-state index in [1.165, 1.54) is 27.8 Å². The molecule has 1 N–H and O–H groups in total. The molecule has 0 aliphatic carbocycles. The third-order valence-corrected chi connectivity index (χ3v) is 3.25. The zero-order valence-corrected chi connectivity index (χ0v) is 15.3. The van der Waals surface area contributed by atoms with Crippen LogP contribution in [-0.4, -0.2) is 47.2 Å². The highest BCUT2D eigenvalue weighted by molar-refractivity contribution is 5.93. The van der Waals surface area contributed by atoms with Crippen LogP contribution in [0.1, 0.15) is 38.1 Å². The van der Waals surface area contributed by atoms with Gasteiger partial charge in [0.15, 0.2) is 0 Å². The predicted octanol–water partition coefficient (Wildman–Crippen LogP) is 1.62. The van der Waals surface area contributed by atoms with Gasteiger partial charge in [0.25, 0.3) is 5.91 Å². The van der Waals surface area contributed by atoms with Crippen molar-refractivity contribution in [2.24, 2.45) is 13.0 Å². The van der Waals surface area contributed by atoms with E-state index in [1.807, 2.05) is 27.7 Å². The second kappa shape index (κ2) is 7.99. The number of aryl methyl sites for hydroxylation is 1. The van der Waals surface area contributed by atoms with Crippen molar-refractivity contribution in [3.05, 3.63) is 34.2 Å². The molecule has 0 radical (unpaired) electrons. The van der Waals surface area contributed by atoms with Gasteiger partial charge in [-0.1, -0.05) is 6.92 Å². The Hall–Kier alpha value is -2.31. The Kier molecular flexibility index (Phi) is 6.57. The molecular formula is C17H27N3O4. The van der Waals surface area contributed by atoms with Gasteiger partial charge in [-0.05, 0) is 32.8 Å². The van der Waals surface area contributed by atoms with Crippen LogP contribution in [0, 0.1) is 5.92 Å². The van der Waals surface area contributed by atoms with Crippen molar-refractivity contribution in [1.82, 2.24) is 14.8 Å². The number of pyridine rings is 1. The van der Waals surface area contributed by atoms with Gasteiger partial charge in [0, 0.05) is 39.4 Å². The molecule has 1 rings (SSSR count). The number of nitrogens with one attached hydrogen (secondary N) is 1. The Morgan fingerprint density at radius 1 is 1.33 bits per heavy atom. The van der Waals surface area contributed by atoms with Crippen LogP contribution in [0.3, 0.4) is 0 Å². The van der Waals surface area contributed by atoms with Crippen molar-refractivity contribution in [2.45, 2.75) is 33.3 Å². The van der Waals surface area contributed by atoms with E-state index in [1.54, 1.807) is 14.1 Å². The minimum Gasteiger partial charge on any atom is -0.444 e. The fourth-order valence-corrected chi connectivity index (χ4v) is 2.04.